The number of hydrogen-bond acceptors (Lipinski definition) is 6. The molecule has 0 saturated carbocycles. The zero-order valence-electron chi connectivity index (χ0n) is 13.8. The molecule has 1 unspecified atom stereocenters. The number of hydrogen-bond donors (Lipinski definition) is 1. The lowest BCUT2D eigenvalue weighted by molar-refractivity contribution is -0.124. The predicted molar refractivity (Wildman–Crippen MR) is 84.1 cm³/mol. The van der Waals surface area contributed by atoms with Gasteiger partial charge in [-0.25, -0.2) is 9.78 Å². The van der Waals surface area contributed by atoms with Crippen molar-refractivity contribution in [3.8, 4) is 0 Å². The van der Waals surface area contributed by atoms with Crippen molar-refractivity contribution < 1.29 is 18.8 Å². The fourth-order valence-corrected chi connectivity index (χ4v) is 2.41. The Balaban J connectivity index is 2.07. The topological polar surface area (TPSA) is 94.3 Å². The number of ether oxygens (including phenoxy) is 1. The van der Waals surface area contributed by atoms with Gasteiger partial charge in [-0.3, -0.25) is 4.79 Å². The van der Waals surface area contributed by atoms with Gasteiger partial charge in [0.25, 0.3) is 11.6 Å². The summed E-state index contributed by atoms with van der Waals surface area (Å²) >= 11 is 0. The molecule has 7 heteroatoms. The lowest BCUT2D eigenvalue weighted by Crippen LogP contribution is -2.35. The van der Waals surface area contributed by atoms with E-state index >= 15 is 0 Å². The van der Waals surface area contributed by atoms with Crippen LogP contribution in [0.4, 0.5) is 0 Å². The van der Waals surface area contributed by atoms with Crippen LogP contribution in [0.25, 0.3) is 11.1 Å². The zero-order valence-corrected chi connectivity index (χ0v) is 13.8. The Morgan fingerprint density at radius 1 is 1.39 bits per heavy atom. The number of aryl methyl sites for hydroxylation is 2. The highest BCUT2D eigenvalue weighted by atomic mass is 16.5. The number of esters is 1. The van der Waals surface area contributed by atoms with E-state index in [4.69, 9.17) is 9.26 Å². The summed E-state index contributed by atoms with van der Waals surface area (Å²) in [7, 11) is 0. The van der Waals surface area contributed by atoms with E-state index in [1.807, 2.05) is 13.8 Å². The fourth-order valence-electron chi connectivity index (χ4n) is 2.41. The van der Waals surface area contributed by atoms with Gasteiger partial charge in [0, 0.05) is 11.7 Å². The summed E-state index contributed by atoms with van der Waals surface area (Å²) in [6.07, 6.45) is 1.85. The highest BCUT2D eigenvalue weighted by Gasteiger charge is 2.20. The minimum Gasteiger partial charge on any atom is -0.452 e. The van der Waals surface area contributed by atoms with E-state index in [9.17, 15) is 9.59 Å². The average Bonchev–Trinajstić information content (AvgIpc) is 2.85. The number of rotatable bonds is 6. The number of nitrogens with one attached hydrogen (secondary N) is 1. The molecule has 2 rings (SSSR count). The lowest BCUT2D eigenvalue weighted by atomic mass is 10.1. The van der Waals surface area contributed by atoms with Gasteiger partial charge in [0.2, 0.25) is 0 Å². The third kappa shape index (κ3) is 4.06. The maximum atomic E-state index is 12.3. The van der Waals surface area contributed by atoms with E-state index in [1.165, 1.54) is 0 Å². The van der Waals surface area contributed by atoms with Crippen LogP contribution >= 0.6 is 0 Å². The van der Waals surface area contributed by atoms with E-state index in [0.29, 0.717) is 22.3 Å². The second-order valence-electron chi connectivity index (χ2n) is 5.59. The molecule has 2 aromatic heterocycles. The Morgan fingerprint density at radius 2 is 2.13 bits per heavy atom. The minimum atomic E-state index is -0.593. The highest BCUT2D eigenvalue weighted by molar-refractivity contribution is 6.03. The van der Waals surface area contributed by atoms with Crippen LogP contribution in [-0.4, -0.2) is 34.7 Å². The van der Waals surface area contributed by atoms with Crippen LogP contribution in [0.5, 0.6) is 0 Å². The first-order valence-electron chi connectivity index (χ1n) is 7.62. The number of pyridine rings is 1. The molecule has 1 N–H and O–H groups in total. The number of carbonyl (C=O) groups is 2. The molecule has 1 amide bonds. The van der Waals surface area contributed by atoms with Crippen LogP contribution in [0.1, 0.15) is 48.4 Å². The Hall–Kier alpha value is -2.44. The Morgan fingerprint density at radius 3 is 2.83 bits per heavy atom. The van der Waals surface area contributed by atoms with Crippen molar-refractivity contribution in [2.45, 2.75) is 46.6 Å². The molecule has 0 aliphatic carbocycles. The van der Waals surface area contributed by atoms with Crippen LogP contribution in [-0.2, 0) is 9.53 Å². The molecule has 23 heavy (non-hydrogen) atoms. The highest BCUT2D eigenvalue weighted by Crippen LogP contribution is 2.22. The molecule has 0 radical (unpaired) electrons. The predicted octanol–water partition coefficient (Wildman–Crippen LogP) is 2.30. The molecule has 0 bridgehead atoms. The molecular weight excluding hydrogens is 298 g/mol. The third-order valence-electron chi connectivity index (χ3n) is 3.43. The molecule has 2 aromatic rings. The van der Waals surface area contributed by atoms with Gasteiger partial charge in [-0.1, -0.05) is 18.5 Å². The van der Waals surface area contributed by atoms with Gasteiger partial charge in [0.15, 0.2) is 6.61 Å². The monoisotopic (exact) mass is 319 g/mol. The number of carbonyl (C=O) groups excluding carboxylic acids is 2. The van der Waals surface area contributed by atoms with Crippen molar-refractivity contribution >= 4 is 23.0 Å². The average molecular weight is 319 g/mol. The van der Waals surface area contributed by atoms with Crippen molar-refractivity contribution in [3.63, 3.8) is 0 Å². The van der Waals surface area contributed by atoms with Gasteiger partial charge in [0.05, 0.1) is 16.6 Å². The van der Waals surface area contributed by atoms with Gasteiger partial charge in [0.1, 0.15) is 0 Å². The molecule has 1 atom stereocenters. The summed E-state index contributed by atoms with van der Waals surface area (Å²) in [4.78, 5) is 28.2. The maximum absolute atomic E-state index is 12.3. The first-order valence-corrected chi connectivity index (χ1v) is 7.62. The summed E-state index contributed by atoms with van der Waals surface area (Å²) < 4.78 is 10.2. The van der Waals surface area contributed by atoms with E-state index < -0.39 is 5.97 Å². The van der Waals surface area contributed by atoms with Crippen LogP contribution < -0.4 is 5.32 Å². The molecule has 0 saturated heterocycles. The lowest BCUT2D eigenvalue weighted by Gasteiger charge is -2.12. The summed E-state index contributed by atoms with van der Waals surface area (Å²) in [5, 5.41) is 7.11. The molecule has 0 fully saturated rings. The Labute approximate surface area is 134 Å². The quantitative estimate of drug-likeness (QED) is 0.821. The molecular formula is C16H21N3O4. The summed E-state index contributed by atoms with van der Waals surface area (Å²) in [5.74, 6) is -0.909. The van der Waals surface area contributed by atoms with E-state index in [2.05, 4.69) is 15.5 Å². The molecule has 0 aromatic carbocycles. The number of nitrogens with zero attached hydrogens (tertiary/aromatic N) is 2. The van der Waals surface area contributed by atoms with Crippen molar-refractivity contribution in [2.75, 3.05) is 6.61 Å². The molecule has 7 nitrogen and oxygen atoms in total. The van der Waals surface area contributed by atoms with Crippen molar-refractivity contribution in [2.24, 2.45) is 0 Å². The number of aromatic nitrogens is 2. The Bertz CT molecular complexity index is 723. The molecule has 2 heterocycles. The van der Waals surface area contributed by atoms with Gasteiger partial charge >= 0.3 is 5.97 Å². The van der Waals surface area contributed by atoms with E-state index in [0.717, 1.165) is 12.8 Å². The smallest absolute Gasteiger partial charge is 0.339 e. The molecule has 0 spiro atoms. The summed E-state index contributed by atoms with van der Waals surface area (Å²) in [6, 6.07) is 1.66. The van der Waals surface area contributed by atoms with Gasteiger partial charge in [-0.05, 0) is 33.3 Å². The standard InChI is InChI=1S/C16H21N3O4/c1-5-6-9(2)17-13(20)8-22-16(21)12-7-10(3)18-15-14(12)11(4)19-23-15/h7,9H,5-6,8H2,1-4H3,(H,17,20). The Kier molecular flexibility index (Phi) is 5.31. The van der Waals surface area contributed by atoms with Gasteiger partial charge < -0.3 is 14.6 Å². The second kappa shape index (κ2) is 7.21. The van der Waals surface area contributed by atoms with E-state index in [1.54, 1.807) is 19.9 Å². The van der Waals surface area contributed by atoms with Crippen molar-refractivity contribution in [3.05, 3.63) is 23.0 Å². The first kappa shape index (κ1) is 16.9. The van der Waals surface area contributed by atoms with Crippen LogP contribution in [0.3, 0.4) is 0 Å². The fraction of sp³-hybridized carbons (Fsp3) is 0.500. The minimum absolute atomic E-state index is 0.0568. The maximum Gasteiger partial charge on any atom is 0.339 e. The van der Waals surface area contributed by atoms with Crippen LogP contribution in [0.15, 0.2) is 10.6 Å². The van der Waals surface area contributed by atoms with Gasteiger partial charge in [-0.15, -0.1) is 0 Å². The van der Waals surface area contributed by atoms with Crippen molar-refractivity contribution in [1.29, 1.82) is 0 Å². The SMILES string of the molecule is CCCC(C)NC(=O)COC(=O)c1cc(C)nc2onc(C)c12. The second-order valence-corrected chi connectivity index (χ2v) is 5.59. The normalized spacial score (nSPS) is 12.2. The molecule has 124 valence electrons. The van der Waals surface area contributed by atoms with E-state index in [-0.39, 0.29) is 24.3 Å². The first-order chi connectivity index (χ1) is 10.9. The largest absolute Gasteiger partial charge is 0.452 e. The van der Waals surface area contributed by atoms with Crippen LogP contribution in [0.2, 0.25) is 0 Å². The van der Waals surface area contributed by atoms with Crippen LogP contribution in [0, 0.1) is 13.8 Å². The summed E-state index contributed by atoms with van der Waals surface area (Å²) in [6.45, 7) is 7.10. The zero-order chi connectivity index (χ0) is 17.0. The van der Waals surface area contributed by atoms with Crippen molar-refractivity contribution in [1.82, 2.24) is 15.5 Å². The number of amides is 1. The summed E-state index contributed by atoms with van der Waals surface area (Å²) in [5.41, 5.74) is 1.76. The molecule has 0 aliphatic heterocycles. The molecule has 0 aliphatic rings. The third-order valence-corrected chi connectivity index (χ3v) is 3.43. The van der Waals surface area contributed by atoms with Gasteiger partial charge in [-0.2, -0.15) is 0 Å². The number of fused-ring (bicyclic) bond motifs is 1.